The molecule has 2 N–H and O–H groups in total. The minimum absolute atomic E-state index is 0.152. The number of hydrogen-bond donors (Lipinski definition) is 2. The summed E-state index contributed by atoms with van der Waals surface area (Å²) in [6.45, 7) is 3.29. The number of fused-ring (bicyclic) bond motifs is 1. The van der Waals surface area contributed by atoms with Gasteiger partial charge < -0.3 is 10.6 Å². The first kappa shape index (κ1) is 14.9. The zero-order chi connectivity index (χ0) is 14.8. The number of likely N-dealkylation sites (tertiary alicyclic amines) is 1. The van der Waals surface area contributed by atoms with Crippen LogP contribution in [-0.2, 0) is 4.79 Å². The molecule has 2 aliphatic heterocycles. The molecule has 2 fully saturated rings. The van der Waals surface area contributed by atoms with E-state index in [4.69, 9.17) is 0 Å². The number of piperidine rings is 1. The second kappa shape index (κ2) is 6.42. The van der Waals surface area contributed by atoms with Crippen LogP contribution in [0.5, 0.6) is 0 Å². The minimum Gasteiger partial charge on any atom is -0.322 e. The van der Waals surface area contributed by atoms with E-state index in [1.54, 1.807) is 12.1 Å². The van der Waals surface area contributed by atoms with Crippen molar-refractivity contribution in [3.8, 4) is 0 Å². The van der Waals surface area contributed by atoms with E-state index in [1.165, 1.54) is 12.5 Å². The van der Waals surface area contributed by atoms with Crippen molar-refractivity contribution in [1.82, 2.24) is 10.2 Å². The van der Waals surface area contributed by atoms with Gasteiger partial charge in [-0.2, -0.15) is 0 Å². The van der Waals surface area contributed by atoms with Gasteiger partial charge >= 0.3 is 0 Å². The Morgan fingerprint density at radius 2 is 2.33 bits per heavy atom. The van der Waals surface area contributed by atoms with E-state index in [0.717, 1.165) is 26.1 Å². The lowest BCUT2D eigenvalue weighted by Gasteiger charge is -2.34. The van der Waals surface area contributed by atoms with Crippen molar-refractivity contribution in [3.63, 3.8) is 0 Å². The van der Waals surface area contributed by atoms with Gasteiger partial charge in [0.2, 0.25) is 5.91 Å². The van der Waals surface area contributed by atoms with Gasteiger partial charge in [0, 0.05) is 23.6 Å². The maximum Gasteiger partial charge on any atom is 0.238 e. The third-order valence-corrected chi connectivity index (χ3v) is 4.81. The molecular formula is C15H19BrFN3O. The molecular weight excluding hydrogens is 337 g/mol. The number of carbonyl (C=O) groups is 1. The zero-order valence-electron chi connectivity index (χ0n) is 11.7. The SMILES string of the molecule is O=C(CN1CCC2NCCC2C1)Nc1ccc(Br)cc1F. The van der Waals surface area contributed by atoms with Gasteiger partial charge in [-0.05, 0) is 43.5 Å². The molecule has 0 aromatic heterocycles. The first-order valence-electron chi connectivity index (χ1n) is 7.32. The number of hydrogen-bond acceptors (Lipinski definition) is 3. The van der Waals surface area contributed by atoms with Crippen LogP contribution in [0, 0.1) is 11.7 Å². The highest BCUT2D eigenvalue weighted by Gasteiger charge is 2.32. The number of amides is 1. The first-order valence-corrected chi connectivity index (χ1v) is 8.12. The molecule has 3 rings (SSSR count). The van der Waals surface area contributed by atoms with Crippen LogP contribution in [0.2, 0.25) is 0 Å². The molecule has 2 saturated heterocycles. The summed E-state index contributed by atoms with van der Waals surface area (Å²) in [5.41, 5.74) is 0.237. The summed E-state index contributed by atoms with van der Waals surface area (Å²) in [6.07, 6.45) is 2.27. The summed E-state index contributed by atoms with van der Waals surface area (Å²) in [5.74, 6) is 0.0769. The van der Waals surface area contributed by atoms with Gasteiger partial charge in [0.25, 0.3) is 0 Å². The Morgan fingerprint density at radius 3 is 3.14 bits per heavy atom. The summed E-state index contributed by atoms with van der Waals surface area (Å²) in [7, 11) is 0. The van der Waals surface area contributed by atoms with Crippen molar-refractivity contribution in [3.05, 3.63) is 28.5 Å². The Hall–Kier alpha value is -0.980. The van der Waals surface area contributed by atoms with Crippen molar-refractivity contribution in [1.29, 1.82) is 0 Å². The summed E-state index contributed by atoms with van der Waals surface area (Å²) in [4.78, 5) is 14.2. The van der Waals surface area contributed by atoms with E-state index in [-0.39, 0.29) is 11.6 Å². The Labute approximate surface area is 132 Å². The second-order valence-electron chi connectivity index (χ2n) is 5.81. The van der Waals surface area contributed by atoms with E-state index >= 15 is 0 Å². The van der Waals surface area contributed by atoms with Gasteiger partial charge in [-0.1, -0.05) is 15.9 Å². The fourth-order valence-corrected chi connectivity index (χ4v) is 3.58. The van der Waals surface area contributed by atoms with E-state index in [2.05, 4.69) is 31.5 Å². The molecule has 1 aromatic rings. The van der Waals surface area contributed by atoms with Crippen LogP contribution in [-0.4, -0.2) is 43.0 Å². The highest BCUT2D eigenvalue weighted by molar-refractivity contribution is 9.10. The molecule has 0 bridgehead atoms. The number of nitrogens with zero attached hydrogens (tertiary/aromatic N) is 1. The standard InChI is InChI=1S/C15H19BrFN3O/c16-11-1-2-14(12(17)7-11)19-15(21)9-20-6-4-13-10(8-20)3-5-18-13/h1-2,7,10,13,18H,3-6,8-9H2,(H,19,21). The smallest absolute Gasteiger partial charge is 0.238 e. The molecule has 0 radical (unpaired) electrons. The highest BCUT2D eigenvalue weighted by atomic mass is 79.9. The average Bonchev–Trinajstić information content (AvgIpc) is 2.89. The Morgan fingerprint density at radius 1 is 1.48 bits per heavy atom. The second-order valence-corrected chi connectivity index (χ2v) is 6.72. The van der Waals surface area contributed by atoms with Crippen molar-refractivity contribution in [2.75, 3.05) is 31.5 Å². The summed E-state index contributed by atoms with van der Waals surface area (Å²) in [6, 6.07) is 5.26. The molecule has 0 saturated carbocycles. The van der Waals surface area contributed by atoms with Gasteiger partial charge in [-0.15, -0.1) is 0 Å². The maximum atomic E-state index is 13.7. The van der Waals surface area contributed by atoms with E-state index in [1.807, 2.05) is 0 Å². The molecule has 2 heterocycles. The topological polar surface area (TPSA) is 44.4 Å². The van der Waals surface area contributed by atoms with Crippen LogP contribution in [0.25, 0.3) is 0 Å². The molecule has 2 atom stereocenters. The highest BCUT2D eigenvalue weighted by Crippen LogP contribution is 2.24. The number of anilines is 1. The molecule has 4 nitrogen and oxygen atoms in total. The number of benzene rings is 1. The number of carbonyl (C=O) groups excluding carboxylic acids is 1. The minimum atomic E-state index is -0.420. The van der Waals surface area contributed by atoms with Gasteiger partial charge in [-0.3, -0.25) is 9.69 Å². The summed E-state index contributed by atoms with van der Waals surface area (Å²) < 4.78 is 14.4. The molecule has 114 valence electrons. The van der Waals surface area contributed by atoms with Crippen LogP contribution < -0.4 is 10.6 Å². The first-order chi connectivity index (χ1) is 10.1. The van der Waals surface area contributed by atoms with E-state index in [0.29, 0.717) is 23.0 Å². The molecule has 1 amide bonds. The fraction of sp³-hybridized carbons (Fsp3) is 0.533. The molecule has 0 aliphatic carbocycles. The molecule has 2 unspecified atom stereocenters. The maximum absolute atomic E-state index is 13.7. The van der Waals surface area contributed by atoms with Crippen molar-refractivity contribution < 1.29 is 9.18 Å². The monoisotopic (exact) mass is 355 g/mol. The van der Waals surface area contributed by atoms with Gasteiger partial charge in [-0.25, -0.2) is 4.39 Å². The van der Waals surface area contributed by atoms with Crippen LogP contribution in [0.1, 0.15) is 12.8 Å². The zero-order valence-corrected chi connectivity index (χ0v) is 13.3. The predicted octanol–water partition coefficient (Wildman–Crippen LogP) is 2.21. The van der Waals surface area contributed by atoms with Crippen LogP contribution in [0.15, 0.2) is 22.7 Å². The Bertz CT molecular complexity index is 540. The fourth-order valence-electron chi connectivity index (χ4n) is 3.25. The van der Waals surface area contributed by atoms with E-state index in [9.17, 15) is 9.18 Å². The van der Waals surface area contributed by atoms with Crippen LogP contribution in [0.4, 0.5) is 10.1 Å². The van der Waals surface area contributed by atoms with Crippen molar-refractivity contribution in [2.24, 2.45) is 5.92 Å². The number of nitrogens with one attached hydrogen (secondary N) is 2. The Balaban J connectivity index is 1.54. The van der Waals surface area contributed by atoms with Crippen molar-refractivity contribution in [2.45, 2.75) is 18.9 Å². The lowest BCUT2D eigenvalue weighted by atomic mass is 9.93. The normalized spacial score (nSPS) is 25.6. The number of rotatable bonds is 3. The average molecular weight is 356 g/mol. The van der Waals surface area contributed by atoms with Crippen LogP contribution >= 0.6 is 15.9 Å². The summed E-state index contributed by atoms with van der Waals surface area (Å²) >= 11 is 3.20. The molecule has 1 aromatic carbocycles. The molecule has 0 spiro atoms. The van der Waals surface area contributed by atoms with Gasteiger partial charge in [0.15, 0.2) is 0 Å². The van der Waals surface area contributed by atoms with Gasteiger partial charge in [0.1, 0.15) is 5.82 Å². The van der Waals surface area contributed by atoms with E-state index < -0.39 is 5.82 Å². The third kappa shape index (κ3) is 3.62. The third-order valence-electron chi connectivity index (χ3n) is 4.31. The van der Waals surface area contributed by atoms with Crippen molar-refractivity contribution >= 4 is 27.5 Å². The molecule has 21 heavy (non-hydrogen) atoms. The van der Waals surface area contributed by atoms with Crippen LogP contribution in [0.3, 0.4) is 0 Å². The summed E-state index contributed by atoms with van der Waals surface area (Å²) in [5, 5.41) is 6.16. The lowest BCUT2D eigenvalue weighted by molar-refractivity contribution is -0.117. The lowest BCUT2D eigenvalue weighted by Crippen LogP contribution is -2.46. The quantitative estimate of drug-likeness (QED) is 0.873. The predicted molar refractivity (Wildman–Crippen MR) is 83.7 cm³/mol. The van der Waals surface area contributed by atoms with Gasteiger partial charge in [0.05, 0.1) is 12.2 Å². The molecule has 6 heteroatoms. The largest absolute Gasteiger partial charge is 0.322 e. The number of halogens is 2. The molecule has 2 aliphatic rings. The Kier molecular flexibility index (Phi) is 4.57.